The summed E-state index contributed by atoms with van der Waals surface area (Å²) in [6.45, 7) is 8.33. The van der Waals surface area contributed by atoms with Crippen LogP contribution in [0.15, 0.2) is 83.9 Å². The van der Waals surface area contributed by atoms with Crippen molar-refractivity contribution in [2.24, 2.45) is 4.99 Å². The van der Waals surface area contributed by atoms with Gasteiger partial charge >= 0.3 is 5.97 Å². The number of rotatable bonds is 10. The van der Waals surface area contributed by atoms with Crippen molar-refractivity contribution in [2.75, 3.05) is 13.2 Å². The lowest BCUT2D eigenvalue weighted by atomic mass is 9.85. The number of esters is 1. The molecule has 3 aromatic carbocycles. The van der Waals surface area contributed by atoms with Crippen molar-refractivity contribution in [3.8, 4) is 5.75 Å². The highest BCUT2D eigenvalue weighted by atomic mass is 16.6. The second-order valence-corrected chi connectivity index (χ2v) is 11.4. The number of benzene rings is 3. The summed E-state index contributed by atoms with van der Waals surface area (Å²) in [5.41, 5.74) is 10.9. The van der Waals surface area contributed by atoms with E-state index in [0.717, 1.165) is 75.6 Å². The Morgan fingerprint density at radius 2 is 1.51 bits per heavy atom. The highest BCUT2D eigenvalue weighted by Gasteiger charge is 2.22. The fourth-order valence-corrected chi connectivity index (χ4v) is 6.03. The van der Waals surface area contributed by atoms with E-state index in [9.17, 15) is 4.79 Å². The van der Waals surface area contributed by atoms with Crippen molar-refractivity contribution in [3.63, 3.8) is 0 Å². The maximum atomic E-state index is 11.9. The minimum absolute atomic E-state index is 0.0882. The fraction of sp³-hybridized carbons (Fsp3) is 0.342. The third-order valence-corrected chi connectivity index (χ3v) is 8.50. The van der Waals surface area contributed by atoms with Gasteiger partial charge in [-0.25, -0.2) is 9.79 Å². The zero-order chi connectivity index (χ0) is 30.2. The summed E-state index contributed by atoms with van der Waals surface area (Å²) in [6, 6.07) is 27.2. The molecule has 1 heterocycles. The van der Waals surface area contributed by atoms with Crippen molar-refractivity contribution >= 4 is 17.4 Å². The van der Waals surface area contributed by atoms with Gasteiger partial charge in [-0.1, -0.05) is 79.9 Å². The number of hydrogen-bond donors (Lipinski definition) is 0. The van der Waals surface area contributed by atoms with Crippen molar-refractivity contribution in [2.45, 2.75) is 72.1 Å². The van der Waals surface area contributed by atoms with Crippen LogP contribution < -0.4 is 4.74 Å². The van der Waals surface area contributed by atoms with Crippen molar-refractivity contribution in [3.05, 3.63) is 124 Å². The van der Waals surface area contributed by atoms with E-state index in [0.29, 0.717) is 12.5 Å². The molecule has 0 bridgehead atoms. The van der Waals surface area contributed by atoms with Gasteiger partial charge in [0, 0.05) is 29.2 Å². The molecule has 0 aliphatic heterocycles. The molecule has 0 atom stereocenters. The Balaban J connectivity index is 1.51. The average molecular weight is 575 g/mol. The summed E-state index contributed by atoms with van der Waals surface area (Å²) in [6.07, 6.45) is 6.77. The van der Waals surface area contributed by atoms with Gasteiger partial charge in [0.15, 0.2) is 6.61 Å². The number of aryl methyl sites for hydroxylation is 1. The molecule has 5 rings (SSSR count). The Kier molecular flexibility index (Phi) is 10.0. The van der Waals surface area contributed by atoms with E-state index in [4.69, 9.17) is 19.5 Å². The van der Waals surface area contributed by atoms with Crippen LogP contribution in [0.2, 0.25) is 0 Å². The largest absolute Gasteiger partial charge is 0.482 e. The maximum absolute atomic E-state index is 11.9. The molecular weight excluding hydrogens is 532 g/mol. The number of carbonyl (C=O) groups is 1. The SMILES string of the molecule is CCOC(=O)COc1cc(C)c(Cc2ccc(N=C(c3ccccc3)c3ccccc3)c(C3CCCCC3)n2)c(C)c1C. The number of aliphatic imine (C=N–C) groups is 1. The van der Waals surface area contributed by atoms with E-state index in [2.05, 4.69) is 74.5 Å². The molecule has 222 valence electrons. The first kappa shape index (κ1) is 30.2. The Bertz CT molecular complexity index is 1530. The highest BCUT2D eigenvalue weighted by Crippen LogP contribution is 2.38. The van der Waals surface area contributed by atoms with E-state index in [1.807, 2.05) is 25.1 Å². The maximum Gasteiger partial charge on any atom is 0.344 e. The molecule has 1 saturated carbocycles. The average Bonchev–Trinajstić information content (AvgIpc) is 3.04. The molecule has 4 aromatic rings. The molecule has 5 nitrogen and oxygen atoms in total. The number of nitrogens with zero attached hydrogens (tertiary/aromatic N) is 2. The van der Waals surface area contributed by atoms with Gasteiger partial charge in [-0.05, 0) is 81.0 Å². The van der Waals surface area contributed by atoms with Crippen LogP contribution in [0.5, 0.6) is 5.75 Å². The second kappa shape index (κ2) is 14.3. The number of pyridine rings is 1. The smallest absolute Gasteiger partial charge is 0.344 e. The van der Waals surface area contributed by atoms with Crippen LogP contribution in [-0.2, 0) is 16.0 Å². The predicted molar refractivity (Wildman–Crippen MR) is 174 cm³/mol. The monoisotopic (exact) mass is 574 g/mol. The first-order valence-corrected chi connectivity index (χ1v) is 15.5. The summed E-state index contributed by atoms with van der Waals surface area (Å²) in [7, 11) is 0. The van der Waals surface area contributed by atoms with E-state index >= 15 is 0 Å². The summed E-state index contributed by atoms with van der Waals surface area (Å²) in [4.78, 5) is 22.5. The quantitative estimate of drug-likeness (QED) is 0.140. The normalized spacial score (nSPS) is 13.4. The first-order valence-electron chi connectivity index (χ1n) is 15.5. The van der Waals surface area contributed by atoms with Gasteiger partial charge in [0.25, 0.3) is 0 Å². The lowest BCUT2D eigenvalue weighted by molar-refractivity contribution is -0.145. The van der Waals surface area contributed by atoms with Gasteiger partial charge in [0.2, 0.25) is 0 Å². The summed E-state index contributed by atoms with van der Waals surface area (Å²) < 4.78 is 10.9. The lowest BCUT2D eigenvalue weighted by Gasteiger charge is -2.23. The van der Waals surface area contributed by atoms with Crippen LogP contribution in [0.3, 0.4) is 0 Å². The fourth-order valence-electron chi connectivity index (χ4n) is 6.03. The number of aromatic nitrogens is 1. The van der Waals surface area contributed by atoms with Crippen molar-refractivity contribution in [1.29, 1.82) is 0 Å². The van der Waals surface area contributed by atoms with Gasteiger partial charge in [-0.15, -0.1) is 0 Å². The molecule has 0 spiro atoms. The van der Waals surface area contributed by atoms with Crippen molar-refractivity contribution < 1.29 is 14.3 Å². The Morgan fingerprint density at radius 1 is 0.860 bits per heavy atom. The molecule has 5 heteroatoms. The van der Waals surface area contributed by atoms with Gasteiger partial charge in [0.05, 0.1) is 23.7 Å². The molecule has 0 radical (unpaired) electrons. The predicted octanol–water partition coefficient (Wildman–Crippen LogP) is 8.76. The van der Waals surface area contributed by atoms with Crippen LogP contribution in [-0.4, -0.2) is 29.9 Å². The van der Waals surface area contributed by atoms with Gasteiger partial charge < -0.3 is 9.47 Å². The molecule has 0 unspecified atom stereocenters. The Hall–Kier alpha value is -4.25. The van der Waals surface area contributed by atoms with Gasteiger partial charge in [-0.3, -0.25) is 4.98 Å². The zero-order valence-electron chi connectivity index (χ0n) is 25.9. The number of carbonyl (C=O) groups excluding carboxylic acids is 1. The third-order valence-electron chi connectivity index (χ3n) is 8.50. The van der Waals surface area contributed by atoms with E-state index < -0.39 is 0 Å². The molecule has 1 aromatic heterocycles. The first-order chi connectivity index (χ1) is 20.9. The standard InChI is InChI=1S/C38H42N2O3/c1-5-42-36(41)25-43-35-23-26(2)33(27(3)28(35)4)24-32-21-22-34(38(39-32)31-19-13-8-14-20-31)40-37(29-15-9-6-10-16-29)30-17-11-7-12-18-30/h6-7,9-12,15-18,21-23,31H,5,8,13-14,19-20,24-25H2,1-4H3. The molecule has 1 aliphatic rings. The van der Waals surface area contributed by atoms with Crippen LogP contribution in [0.4, 0.5) is 5.69 Å². The van der Waals surface area contributed by atoms with E-state index in [1.165, 1.54) is 24.8 Å². The molecule has 0 N–H and O–H groups in total. The Morgan fingerprint density at radius 3 is 2.14 bits per heavy atom. The van der Waals surface area contributed by atoms with Gasteiger partial charge in [0.1, 0.15) is 5.75 Å². The van der Waals surface area contributed by atoms with E-state index in [1.54, 1.807) is 6.92 Å². The second-order valence-electron chi connectivity index (χ2n) is 11.4. The van der Waals surface area contributed by atoms with Gasteiger partial charge in [-0.2, -0.15) is 0 Å². The summed E-state index contributed by atoms with van der Waals surface area (Å²) in [5.74, 6) is 0.774. The molecule has 0 amide bonds. The summed E-state index contributed by atoms with van der Waals surface area (Å²) in [5, 5.41) is 0. The van der Waals surface area contributed by atoms with E-state index in [-0.39, 0.29) is 12.6 Å². The van der Waals surface area contributed by atoms with Crippen molar-refractivity contribution in [1.82, 2.24) is 4.98 Å². The topological polar surface area (TPSA) is 60.8 Å². The lowest BCUT2D eigenvalue weighted by Crippen LogP contribution is -2.15. The van der Waals surface area contributed by atoms with Crippen LogP contribution in [0.25, 0.3) is 0 Å². The molecule has 0 saturated heterocycles. The zero-order valence-corrected chi connectivity index (χ0v) is 25.9. The molecule has 43 heavy (non-hydrogen) atoms. The molecular formula is C38H42N2O3. The molecule has 1 aliphatic carbocycles. The minimum Gasteiger partial charge on any atom is -0.482 e. The number of ether oxygens (including phenoxy) is 2. The van der Waals surface area contributed by atoms with Crippen LogP contribution in [0, 0.1) is 20.8 Å². The summed E-state index contributed by atoms with van der Waals surface area (Å²) >= 11 is 0. The van der Waals surface area contributed by atoms with Crippen LogP contribution in [0.1, 0.15) is 89.7 Å². The Labute approximate surface area is 256 Å². The number of hydrogen-bond acceptors (Lipinski definition) is 5. The molecule has 1 fully saturated rings. The minimum atomic E-state index is -0.355. The third kappa shape index (κ3) is 7.40. The highest BCUT2D eigenvalue weighted by molar-refractivity contribution is 6.14. The van der Waals surface area contributed by atoms with Crippen LogP contribution >= 0.6 is 0 Å².